The number of hydrogen-bond acceptors (Lipinski definition) is 3. The Kier molecular flexibility index (Phi) is 6.65. The van der Waals surface area contributed by atoms with Crippen molar-refractivity contribution in [3.8, 4) is 0 Å². The summed E-state index contributed by atoms with van der Waals surface area (Å²) in [6, 6.07) is 0.183. The third-order valence-corrected chi connectivity index (χ3v) is 3.18. The van der Waals surface area contributed by atoms with Crippen molar-refractivity contribution >= 4 is 5.91 Å². The van der Waals surface area contributed by atoms with Crippen LogP contribution in [-0.2, 0) is 14.3 Å². The van der Waals surface area contributed by atoms with Crippen LogP contribution in [0.4, 0.5) is 0 Å². The van der Waals surface area contributed by atoms with Gasteiger partial charge in [-0.05, 0) is 33.6 Å². The molecule has 0 spiro atoms. The van der Waals surface area contributed by atoms with E-state index in [2.05, 4.69) is 0 Å². The summed E-state index contributed by atoms with van der Waals surface area (Å²) in [5, 5.41) is 0. The minimum absolute atomic E-state index is 0.177. The lowest BCUT2D eigenvalue weighted by Gasteiger charge is -2.25. The standard InChI is InChI=1S/C14H27NO3/c1-5-7-14(16)15-9-13(17-6-2)8-12(15)10-18-11(3)4/h11-13H,5-10H2,1-4H3/t12-,13+/m0/s1. The molecular formula is C14H27NO3. The van der Waals surface area contributed by atoms with Crippen molar-refractivity contribution in [1.29, 1.82) is 0 Å². The number of carbonyl (C=O) groups is 1. The Morgan fingerprint density at radius 1 is 1.39 bits per heavy atom. The Morgan fingerprint density at radius 2 is 2.11 bits per heavy atom. The highest BCUT2D eigenvalue weighted by molar-refractivity contribution is 5.76. The van der Waals surface area contributed by atoms with E-state index in [1.807, 2.05) is 32.6 Å². The van der Waals surface area contributed by atoms with Gasteiger partial charge in [-0.25, -0.2) is 0 Å². The summed E-state index contributed by atoms with van der Waals surface area (Å²) in [5.74, 6) is 0.233. The molecule has 0 N–H and O–H groups in total. The average molecular weight is 257 g/mol. The zero-order valence-corrected chi connectivity index (χ0v) is 12.1. The summed E-state index contributed by atoms with van der Waals surface area (Å²) in [7, 11) is 0. The smallest absolute Gasteiger partial charge is 0.222 e. The molecule has 2 atom stereocenters. The van der Waals surface area contributed by atoms with E-state index in [0.717, 1.165) is 19.4 Å². The van der Waals surface area contributed by atoms with Crippen LogP contribution in [0.5, 0.6) is 0 Å². The van der Waals surface area contributed by atoms with Gasteiger partial charge >= 0.3 is 0 Å². The number of amides is 1. The van der Waals surface area contributed by atoms with Crippen molar-refractivity contribution in [3.05, 3.63) is 0 Å². The van der Waals surface area contributed by atoms with E-state index in [0.29, 0.717) is 19.6 Å². The van der Waals surface area contributed by atoms with Gasteiger partial charge < -0.3 is 14.4 Å². The molecule has 1 amide bonds. The largest absolute Gasteiger partial charge is 0.377 e. The van der Waals surface area contributed by atoms with Crippen molar-refractivity contribution < 1.29 is 14.3 Å². The van der Waals surface area contributed by atoms with Crippen molar-refractivity contribution in [2.75, 3.05) is 19.8 Å². The third kappa shape index (κ3) is 4.58. The Morgan fingerprint density at radius 3 is 2.67 bits per heavy atom. The summed E-state index contributed by atoms with van der Waals surface area (Å²) in [4.78, 5) is 14.0. The SMILES string of the molecule is CCCC(=O)N1C[C@H](OCC)C[C@H]1COC(C)C. The number of carbonyl (C=O) groups excluding carboxylic acids is 1. The fourth-order valence-corrected chi connectivity index (χ4v) is 2.35. The number of rotatable bonds is 7. The lowest BCUT2D eigenvalue weighted by Crippen LogP contribution is -2.39. The van der Waals surface area contributed by atoms with Crippen LogP contribution in [0.2, 0.25) is 0 Å². The van der Waals surface area contributed by atoms with Crippen molar-refractivity contribution in [3.63, 3.8) is 0 Å². The first kappa shape index (κ1) is 15.4. The first-order valence-corrected chi connectivity index (χ1v) is 7.11. The van der Waals surface area contributed by atoms with Gasteiger partial charge in [0.05, 0.1) is 24.9 Å². The van der Waals surface area contributed by atoms with Crippen molar-refractivity contribution in [2.24, 2.45) is 0 Å². The minimum atomic E-state index is 0.177. The van der Waals surface area contributed by atoms with Crippen LogP contribution >= 0.6 is 0 Å². The quantitative estimate of drug-likeness (QED) is 0.702. The second kappa shape index (κ2) is 7.74. The maximum Gasteiger partial charge on any atom is 0.222 e. The molecule has 0 aromatic heterocycles. The highest BCUT2D eigenvalue weighted by Crippen LogP contribution is 2.22. The first-order valence-electron chi connectivity index (χ1n) is 7.11. The Hall–Kier alpha value is -0.610. The molecule has 1 aliphatic heterocycles. The van der Waals surface area contributed by atoms with Gasteiger partial charge in [-0.15, -0.1) is 0 Å². The molecule has 0 radical (unpaired) electrons. The summed E-state index contributed by atoms with van der Waals surface area (Å²) < 4.78 is 11.3. The van der Waals surface area contributed by atoms with E-state index in [1.54, 1.807) is 0 Å². The lowest BCUT2D eigenvalue weighted by molar-refractivity contribution is -0.133. The van der Waals surface area contributed by atoms with Gasteiger partial charge in [-0.2, -0.15) is 0 Å². The molecule has 0 unspecified atom stereocenters. The highest BCUT2D eigenvalue weighted by Gasteiger charge is 2.35. The summed E-state index contributed by atoms with van der Waals surface area (Å²) in [5.41, 5.74) is 0. The van der Waals surface area contributed by atoms with Crippen LogP contribution in [0.25, 0.3) is 0 Å². The normalized spacial score (nSPS) is 23.9. The number of ether oxygens (including phenoxy) is 2. The van der Waals surface area contributed by atoms with E-state index in [4.69, 9.17) is 9.47 Å². The molecule has 0 bridgehead atoms. The number of likely N-dealkylation sites (tertiary alicyclic amines) is 1. The van der Waals surface area contributed by atoms with E-state index in [9.17, 15) is 4.79 Å². The predicted molar refractivity (Wildman–Crippen MR) is 71.5 cm³/mol. The van der Waals surface area contributed by atoms with Gasteiger partial charge in [0, 0.05) is 19.6 Å². The second-order valence-electron chi connectivity index (χ2n) is 5.15. The molecule has 106 valence electrons. The maximum absolute atomic E-state index is 12.1. The van der Waals surface area contributed by atoms with Gasteiger partial charge in [0.15, 0.2) is 0 Å². The Bertz CT molecular complexity index is 255. The molecule has 0 aromatic carbocycles. The fraction of sp³-hybridized carbons (Fsp3) is 0.929. The van der Waals surface area contributed by atoms with Crippen LogP contribution in [-0.4, -0.2) is 48.8 Å². The zero-order chi connectivity index (χ0) is 13.5. The van der Waals surface area contributed by atoms with Crippen LogP contribution in [0.3, 0.4) is 0 Å². The van der Waals surface area contributed by atoms with E-state index in [-0.39, 0.29) is 24.2 Å². The van der Waals surface area contributed by atoms with Crippen LogP contribution in [0.15, 0.2) is 0 Å². The molecule has 4 heteroatoms. The molecule has 1 aliphatic rings. The van der Waals surface area contributed by atoms with Gasteiger partial charge in [-0.3, -0.25) is 4.79 Å². The molecule has 0 aromatic rings. The minimum Gasteiger partial charge on any atom is -0.377 e. The van der Waals surface area contributed by atoms with E-state index >= 15 is 0 Å². The van der Waals surface area contributed by atoms with E-state index < -0.39 is 0 Å². The second-order valence-corrected chi connectivity index (χ2v) is 5.15. The fourth-order valence-electron chi connectivity index (χ4n) is 2.35. The van der Waals surface area contributed by atoms with Gasteiger partial charge in [0.25, 0.3) is 0 Å². The van der Waals surface area contributed by atoms with Crippen LogP contribution < -0.4 is 0 Å². The lowest BCUT2D eigenvalue weighted by atomic mass is 10.2. The summed E-state index contributed by atoms with van der Waals surface area (Å²) >= 11 is 0. The molecule has 4 nitrogen and oxygen atoms in total. The summed E-state index contributed by atoms with van der Waals surface area (Å²) in [6.45, 7) is 10.1. The Labute approximate surface area is 111 Å². The maximum atomic E-state index is 12.1. The molecule has 0 saturated carbocycles. The third-order valence-electron chi connectivity index (χ3n) is 3.18. The number of hydrogen-bond donors (Lipinski definition) is 0. The van der Waals surface area contributed by atoms with Crippen molar-refractivity contribution in [1.82, 2.24) is 4.90 Å². The molecule has 1 rings (SSSR count). The van der Waals surface area contributed by atoms with Gasteiger partial charge in [0.2, 0.25) is 5.91 Å². The highest BCUT2D eigenvalue weighted by atomic mass is 16.5. The monoisotopic (exact) mass is 257 g/mol. The number of nitrogens with zero attached hydrogens (tertiary/aromatic N) is 1. The molecule has 1 saturated heterocycles. The molecular weight excluding hydrogens is 230 g/mol. The summed E-state index contributed by atoms with van der Waals surface area (Å²) in [6.07, 6.45) is 2.80. The van der Waals surface area contributed by atoms with Gasteiger partial charge in [0.1, 0.15) is 0 Å². The molecule has 1 fully saturated rings. The first-order chi connectivity index (χ1) is 8.58. The van der Waals surface area contributed by atoms with Crippen LogP contribution in [0, 0.1) is 0 Å². The van der Waals surface area contributed by atoms with Crippen molar-refractivity contribution in [2.45, 2.75) is 65.2 Å². The predicted octanol–water partition coefficient (Wildman–Crippen LogP) is 2.22. The average Bonchev–Trinajstić information content (AvgIpc) is 2.70. The van der Waals surface area contributed by atoms with E-state index in [1.165, 1.54) is 0 Å². The van der Waals surface area contributed by atoms with Gasteiger partial charge in [-0.1, -0.05) is 6.92 Å². The zero-order valence-electron chi connectivity index (χ0n) is 12.1. The molecule has 0 aliphatic carbocycles. The molecule has 1 heterocycles. The Balaban J connectivity index is 2.55. The van der Waals surface area contributed by atoms with Crippen LogP contribution in [0.1, 0.15) is 47.0 Å². The molecule has 18 heavy (non-hydrogen) atoms. The topological polar surface area (TPSA) is 38.8 Å².